The van der Waals surface area contributed by atoms with E-state index in [1.54, 1.807) is 0 Å². The van der Waals surface area contributed by atoms with Crippen molar-refractivity contribution in [1.82, 2.24) is 5.32 Å². The molecule has 19 heavy (non-hydrogen) atoms. The summed E-state index contributed by atoms with van der Waals surface area (Å²) in [5.41, 5.74) is 3.18. The van der Waals surface area contributed by atoms with Crippen LogP contribution in [0.2, 0.25) is 5.02 Å². The quantitative estimate of drug-likeness (QED) is 0.894. The molecule has 1 N–H and O–H groups in total. The van der Waals surface area contributed by atoms with Crippen LogP contribution in [0.25, 0.3) is 0 Å². The van der Waals surface area contributed by atoms with Crippen molar-refractivity contribution in [2.45, 2.75) is 12.8 Å². The molecule has 0 bridgehead atoms. The maximum atomic E-state index is 5.95. The van der Waals surface area contributed by atoms with Gasteiger partial charge in [0.2, 0.25) is 0 Å². The predicted molar refractivity (Wildman–Crippen MR) is 80.6 cm³/mol. The molecule has 0 spiro atoms. The summed E-state index contributed by atoms with van der Waals surface area (Å²) in [6, 6.07) is 19.0. The van der Waals surface area contributed by atoms with Crippen molar-refractivity contribution in [3.63, 3.8) is 0 Å². The topological polar surface area (TPSA) is 12.0 Å². The van der Waals surface area contributed by atoms with Gasteiger partial charge in [0.15, 0.2) is 0 Å². The molecule has 1 aliphatic heterocycles. The van der Waals surface area contributed by atoms with Gasteiger partial charge in [0, 0.05) is 23.5 Å². The second kappa shape index (κ2) is 5.36. The molecule has 0 unspecified atom stereocenters. The minimum atomic E-state index is 0.370. The molecule has 0 aliphatic carbocycles. The molecule has 1 nitrogen and oxygen atoms in total. The van der Waals surface area contributed by atoms with E-state index in [-0.39, 0.29) is 0 Å². The van der Waals surface area contributed by atoms with Crippen LogP contribution in [0.3, 0.4) is 0 Å². The van der Waals surface area contributed by atoms with Gasteiger partial charge >= 0.3 is 0 Å². The maximum absolute atomic E-state index is 5.95. The molecule has 0 atom stereocenters. The Hall–Kier alpha value is -1.31. The number of benzene rings is 2. The van der Waals surface area contributed by atoms with E-state index in [1.807, 2.05) is 12.1 Å². The lowest BCUT2D eigenvalue weighted by Gasteiger charge is -2.43. The van der Waals surface area contributed by atoms with Crippen molar-refractivity contribution in [3.05, 3.63) is 70.7 Å². The standard InChI is InChI=1S/C17H18ClN/c18-16-8-6-15(7-9-16)11-17(12-19-13-17)10-14-4-2-1-3-5-14/h1-9,19H,10-13H2. The minimum Gasteiger partial charge on any atom is -0.315 e. The first-order chi connectivity index (χ1) is 9.26. The SMILES string of the molecule is Clc1ccc(CC2(Cc3ccccc3)CNC2)cc1. The van der Waals surface area contributed by atoms with Crippen LogP contribution in [-0.2, 0) is 12.8 Å². The second-order valence-electron chi connectivity index (χ2n) is 5.57. The lowest BCUT2D eigenvalue weighted by Crippen LogP contribution is -2.56. The monoisotopic (exact) mass is 271 g/mol. The van der Waals surface area contributed by atoms with Gasteiger partial charge in [-0.2, -0.15) is 0 Å². The van der Waals surface area contributed by atoms with Crippen molar-refractivity contribution in [1.29, 1.82) is 0 Å². The van der Waals surface area contributed by atoms with Crippen LogP contribution in [0.15, 0.2) is 54.6 Å². The molecule has 0 saturated carbocycles. The van der Waals surface area contributed by atoms with Crippen LogP contribution in [0.4, 0.5) is 0 Å². The van der Waals surface area contributed by atoms with Gasteiger partial charge in [-0.25, -0.2) is 0 Å². The maximum Gasteiger partial charge on any atom is 0.0406 e. The van der Waals surface area contributed by atoms with E-state index < -0.39 is 0 Å². The van der Waals surface area contributed by atoms with E-state index >= 15 is 0 Å². The molecule has 2 heteroatoms. The van der Waals surface area contributed by atoms with Gasteiger partial charge in [-0.05, 0) is 36.1 Å². The van der Waals surface area contributed by atoms with E-state index in [9.17, 15) is 0 Å². The van der Waals surface area contributed by atoms with E-state index in [4.69, 9.17) is 11.6 Å². The molecule has 0 aromatic heterocycles. The van der Waals surface area contributed by atoms with Crippen LogP contribution in [0.1, 0.15) is 11.1 Å². The molecule has 2 aromatic rings. The largest absolute Gasteiger partial charge is 0.315 e. The molecule has 0 amide bonds. The summed E-state index contributed by atoms with van der Waals surface area (Å²) in [7, 11) is 0. The Balaban J connectivity index is 1.74. The smallest absolute Gasteiger partial charge is 0.0406 e. The Morgan fingerprint density at radius 1 is 0.842 bits per heavy atom. The van der Waals surface area contributed by atoms with Gasteiger partial charge in [-0.15, -0.1) is 0 Å². The highest BCUT2D eigenvalue weighted by Gasteiger charge is 2.36. The van der Waals surface area contributed by atoms with Gasteiger partial charge in [0.1, 0.15) is 0 Å². The Labute approximate surface area is 119 Å². The first-order valence-corrected chi connectivity index (χ1v) is 7.13. The summed E-state index contributed by atoms with van der Waals surface area (Å²) in [5, 5.41) is 4.24. The van der Waals surface area contributed by atoms with Crippen molar-refractivity contribution in [2.24, 2.45) is 5.41 Å². The highest BCUT2D eigenvalue weighted by atomic mass is 35.5. The number of halogens is 1. The van der Waals surface area contributed by atoms with Gasteiger partial charge in [-0.3, -0.25) is 0 Å². The molecular formula is C17H18ClN. The van der Waals surface area contributed by atoms with Crippen LogP contribution >= 0.6 is 11.6 Å². The van der Waals surface area contributed by atoms with Gasteiger partial charge in [0.25, 0.3) is 0 Å². The Morgan fingerprint density at radius 2 is 1.42 bits per heavy atom. The number of rotatable bonds is 4. The molecule has 1 heterocycles. The zero-order valence-electron chi connectivity index (χ0n) is 10.9. The molecule has 2 aromatic carbocycles. The van der Waals surface area contributed by atoms with Gasteiger partial charge < -0.3 is 5.32 Å². The molecule has 98 valence electrons. The normalized spacial score (nSPS) is 16.9. The van der Waals surface area contributed by atoms with Crippen molar-refractivity contribution in [2.75, 3.05) is 13.1 Å². The fourth-order valence-corrected chi connectivity index (χ4v) is 2.98. The van der Waals surface area contributed by atoms with E-state index in [1.165, 1.54) is 11.1 Å². The van der Waals surface area contributed by atoms with Crippen molar-refractivity contribution < 1.29 is 0 Å². The second-order valence-corrected chi connectivity index (χ2v) is 6.01. The summed E-state index contributed by atoms with van der Waals surface area (Å²) < 4.78 is 0. The van der Waals surface area contributed by atoms with Crippen LogP contribution in [-0.4, -0.2) is 13.1 Å². The molecule has 1 aliphatic rings. The Kier molecular flexibility index (Phi) is 3.58. The highest BCUT2D eigenvalue weighted by molar-refractivity contribution is 6.30. The van der Waals surface area contributed by atoms with E-state index in [2.05, 4.69) is 47.8 Å². The predicted octanol–water partition coefficient (Wildman–Crippen LogP) is 3.71. The Bertz CT molecular complexity index is 529. The van der Waals surface area contributed by atoms with Crippen LogP contribution in [0, 0.1) is 5.41 Å². The molecular weight excluding hydrogens is 254 g/mol. The number of hydrogen-bond acceptors (Lipinski definition) is 1. The molecule has 1 saturated heterocycles. The van der Waals surface area contributed by atoms with E-state index in [0.717, 1.165) is 31.0 Å². The first-order valence-electron chi connectivity index (χ1n) is 6.75. The summed E-state index contributed by atoms with van der Waals surface area (Å²) in [6.07, 6.45) is 2.26. The average Bonchev–Trinajstić information content (AvgIpc) is 2.40. The zero-order chi connectivity index (χ0) is 13.1. The zero-order valence-corrected chi connectivity index (χ0v) is 11.7. The summed E-state index contributed by atoms with van der Waals surface area (Å²) in [6.45, 7) is 2.20. The molecule has 0 radical (unpaired) electrons. The Morgan fingerprint density at radius 3 is 1.95 bits per heavy atom. The fraction of sp³-hybridized carbons (Fsp3) is 0.294. The van der Waals surface area contributed by atoms with Crippen molar-refractivity contribution >= 4 is 11.6 Å². The fourth-order valence-electron chi connectivity index (χ4n) is 2.86. The average molecular weight is 272 g/mol. The minimum absolute atomic E-state index is 0.370. The third kappa shape index (κ3) is 2.99. The first kappa shape index (κ1) is 12.7. The van der Waals surface area contributed by atoms with Gasteiger partial charge in [0.05, 0.1) is 0 Å². The summed E-state index contributed by atoms with van der Waals surface area (Å²) >= 11 is 5.95. The lowest BCUT2D eigenvalue weighted by atomic mass is 9.72. The summed E-state index contributed by atoms with van der Waals surface area (Å²) in [4.78, 5) is 0. The third-order valence-electron chi connectivity index (χ3n) is 3.91. The van der Waals surface area contributed by atoms with Gasteiger partial charge in [-0.1, -0.05) is 54.1 Å². The highest BCUT2D eigenvalue weighted by Crippen LogP contribution is 2.32. The third-order valence-corrected chi connectivity index (χ3v) is 4.17. The summed E-state index contributed by atoms with van der Waals surface area (Å²) in [5.74, 6) is 0. The molecule has 3 rings (SSSR count). The van der Waals surface area contributed by atoms with Crippen LogP contribution in [0.5, 0.6) is 0 Å². The van der Waals surface area contributed by atoms with E-state index in [0.29, 0.717) is 5.41 Å². The van der Waals surface area contributed by atoms with Crippen molar-refractivity contribution in [3.8, 4) is 0 Å². The lowest BCUT2D eigenvalue weighted by molar-refractivity contribution is 0.166. The number of nitrogens with one attached hydrogen (secondary N) is 1. The van der Waals surface area contributed by atoms with Crippen LogP contribution < -0.4 is 5.32 Å². The molecule has 1 fully saturated rings. The number of hydrogen-bond donors (Lipinski definition) is 1.